The van der Waals surface area contributed by atoms with Crippen LogP contribution in [0.5, 0.6) is 17.2 Å². The van der Waals surface area contributed by atoms with Gasteiger partial charge in [0.1, 0.15) is 17.6 Å². The molecule has 0 amide bonds. The molecule has 0 heterocycles. The zero-order chi connectivity index (χ0) is 15.4. The van der Waals surface area contributed by atoms with Crippen LogP contribution in [0.1, 0.15) is 12.5 Å². The van der Waals surface area contributed by atoms with Crippen molar-refractivity contribution >= 4 is 5.69 Å². The minimum absolute atomic E-state index is 0.00387. The first kappa shape index (κ1) is 14.6. The number of anilines is 1. The normalized spacial score (nSPS) is 10.0. The molecule has 0 unspecified atom stereocenters. The number of rotatable bonds is 4. The Kier molecular flexibility index (Phi) is 4.24. The van der Waals surface area contributed by atoms with Gasteiger partial charge in [-0.3, -0.25) is 0 Å². The van der Waals surface area contributed by atoms with Gasteiger partial charge in [-0.1, -0.05) is 0 Å². The molecule has 0 fully saturated rings. The number of benzene rings is 2. The summed E-state index contributed by atoms with van der Waals surface area (Å²) in [4.78, 5) is 0. The lowest BCUT2D eigenvalue weighted by Gasteiger charge is -2.12. The largest absolute Gasteiger partial charge is 0.491 e. The van der Waals surface area contributed by atoms with Crippen molar-refractivity contribution in [3.63, 3.8) is 0 Å². The van der Waals surface area contributed by atoms with E-state index in [9.17, 15) is 8.78 Å². The molecule has 0 atom stereocenters. The van der Waals surface area contributed by atoms with Crippen LogP contribution in [0.2, 0.25) is 0 Å². The third kappa shape index (κ3) is 3.20. The molecule has 2 N–H and O–H groups in total. The Morgan fingerprint density at radius 2 is 1.90 bits per heavy atom. The van der Waals surface area contributed by atoms with Gasteiger partial charge in [0.25, 0.3) is 0 Å². The zero-order valence-electron chi connectivity index (χ0n) is 11.2. The van der Waals surface area contributed by atoms with Crippen LogP contribution in [0.25, 0.3) is 0 Å². The maximum atomic E-state index is 13.6. The molecule has 6 heteroatoms. The van der Waals surface area contributed by atoms with Gasteiger partial charge in [-0.25, -0.2) is 8.78 Å². The molecule has 2 aromatic rings. The third-order valence-electron chi connectivity index (χ3n) is 2.65. The number of hydrogen-bond donors (Lipinski definition) is 1. The first-order chi connectivity index (χ1) is 10.0. The Hall–Kier alpha value is -2.81. The molecular weight excluding hydrogens is 278 g/mol. The Labute approximate surface area is 120 Å². The molecule has 0 aromatic heterocycles. The second-order valence-electron chi connectivity index (χ2n) is 4.11. The maximum absolute atomic E-state index is 13.6. The van der Waals surface area contributed by atoms with E-state index in [1.165, 1.54) is 18.2 Å². The van der Waals surface area contributed by atoms with E-state index >= 15 is 0 Å². The highest BCUT2D eigenvalue weighted by molar-refractivity contribution is 5.57. The Bertz CT molecular complexity index is 712. The summed E-state index contributed by atoms with van der Waals surface area (Å²) in [6, 6.07) is 7.84. The van der Waals surface area contributed by atoms with Crippen molar-refractivity contribution in [3.8, 4) is 23.3 Å². The maximum Gasteiger partial charge on any atom is 0.167 e. The number of nitrogens with two attached hydrogens (primary N) is 1. The van der Waals surface area contributed by atoms with Gasteiger partial charge in [0.2, 0.25) is 0 Å². The van der Waals surface area contributed by atoms with Crippen molar-refractivity contribution in [1.29, 1.82) is 5.26 Å². The van der Waals surface area contributed by atoms with Crippen molar-refractivity contribution in [2.75, 3.05) is 12.3 Å². The molecule has 21 heavy (non-hydrogen) atoms. The quantitative estimate of drug-likeness (QED) is 0.873. The lowest BCUT2D eigenvalue weighted by atomic mass is 10.2. The number of ether oxygens (including phenoxy) is 2. The molecule has 0 aliphatic carbocycles. The molecule has 108 valence electrons. The van der Waals surface area contributed by atoms with Gasteiger partial charge in [0, 0.05) is 18.2 Å². The molecule has 0 spiro atoms. The molecule has 0 aliphatic heterocycles. The van der Waals surface area contributed by atoms with Crippen LogP contribution in [0.15, 0.2) is 30.3 Å². The summed E-state index contributed by atoms with van der Waals surface area (Å²) in [5.41, 5.74) is 5.62. The fraction of sp³-hybridized carbons (Fsp3) is 0.133. The molecule has 2 aromatic carbocycles. The average Bonchev–Trinajstić information content (AvgIpc) is 2.44. The lowest BCUT2D eigenvalue weighted by molar-refractivity contribution is 0.319. The zero-order valence-corrected chi connectivity index (χ0v) is 11.2. The molecule has 0 saturated carbocycles. The van der Waals surface area contributed by atoms with Gasteiger partial charge in [-0.2, -0.15) is 5.26 Å². The second kappa shape index (κ2) is 6.09. The van der Waals surface area contributed by atoms with E-state index in [2.05, 4.69) is 0 Å². The van der Waals surface area contributed by atoms with Crippen LogP contribution < -0.4 is 15.2 Å². The summed E-state index contributed by atoms with van der Waals surface area (Å²) in [5, 5.41) is 8.66. The summed E-state index contributed by atoms with van der Waals surface area (Å²) >= 11 is 0. The van der Waals surface area contributed by atoms with Crippen LogP contribution in [0, 0.1) is 23.0 Å². The number of nitrogens with zero attached hydrogens (tertiary/aromatic N) is 1. The van der Waals surface area contributed by atoms with Gasteiger partial charge < -0.3 is 15.2 Å². The van der Waals surface area contributed by atoms with E-state index in [4.69, 9.17) is 20.5 Å². The predicted octanol–water partition coefficient (Wildman–Crippen LogP) is 3.61. The number of halogens is 2. The first-order valence-corrected chi connectivity index (χ1v) is 6.14. The van der Waals surface area contributed by atoms with Crippen LogP contribution in [-0.2, 0) is 0 Å². The highest BCUT2D eigenvalue weighted by Crippen LogP contribution is 2.33. The highest BCUT2D eigenvalue weighted by atomic mass is 19.1. The SMILES string of the molecule is CCOc1cc(Oc2ccc(C#N)c(F)c2)c(N)cc1F. The predicted molar refractivity (Wildman–Crippen MR) is 73.2 cm³/mol. The fourth-order valence-corrected chi connectivity index (χ4v) is 1.68. The summed E-state index contributed by atoms with van der Waals surface area (Å²) in [5.74, 6) is -1.03. The fourth-order valence-electron chi connectivity index (χ4n) is 1.68. The van der Waals surface area contributed by atoms with Crippen molar-refractivity contribution in [2.45, 2.75) is 6.92 Å². The van der Waals surface area contributed by atoms with Gasteiger partial charge in [-0.05, 0) is 19.1 Å². The minimum Gasteiger partial charge on any atom is -0.491 e. The van der Waals surface area contributed by atoms with E-state index in [1.807, 2.05) is 0 Å². The van der Waals surface area contributed by atoms with Crippen LogP contribution >= 0.6 is 0 Å². The average molecular weight is 290 g/mol. The standard InChI is InChI=1S/C15H12F2N2O2/c1-2-20-14-7-15(13(19)6-12(14)17)21-10-4-3-9(8-18)11(16)5-10/h3-7H,2,19H2,1H3. The molecule has 2 rings (SSSR count). The monoisotopic (exact) mass is 290 g/mol. The number of hydrogen-bond acceptors (Lipinski definition) is 4. The van der Waals surface area contributed by atoms with E-state index in [0.29, 0.717) is 0 Å². The smallest absolute Gasteiger partial charge is 0.167 e. The Balaban J connectivity index is 2.33. The van der Waals surface area contributed by atoms with Crippen molar-refractivity contribution < 1.29 is 18.3 Å². The highest BCUT2D eigenvalue weighted by Gasteiger charge is 2.12. The summed E-state index contributed by atoms with van der Waals surface area (Å²) < 4.78 is 37.6. The Morgan fingerprint density at radius 1 is 1.14 bits per heavy atom. The first-order valence-electron chi connectivity index (χ1n) is 6.14. The van der Waals surface area contributed by atoms with E-state index in [-0.39, 0.29) is 35.1 Å². The molecular formula is C15H12F2N2O2. The summed E-state index contributed by atoms with van der Waals surface area (Å²) in [6.45, 7) is 2.00. The van der Waals surface area contributed by atoms with Gasteiger partial charge in [-0.15, -0.1) is 0 Å². The van der Waals surface area contributed by atoms with Crippen LogP contribution in [0.4, 0.5) is 14.5 Å². The van der Waals surface area contributed by atoms with Crippen LogP contribution in [0.3, 0.4) is 0 Å². The van der Waals surface area contributed by atoms with E-state index < -0.39 is 11.6 Å². The third-order valence-corrected chi connectivity index (χ3v) is 2.65. The van der Waals surface area contributed by atoms with Crippen LogP contribution in [-0.4, -0.2) is 6.61 Å². The minimum atomic E-state index is -0.708. The molecule has 0 radical (unpaired) electrons. The molecule has 0 aliphatic rings. The van der Waals surface area contributed by atoms with Gasteiger partial charge in [0.05, 0.1) is 17.9 Å². The number of nitrogen functional groups attached to an aromatic ring is 1. The van der Waals surface area contributed by atoms with Gasteiger partial charge >= 0.3 is 0 Å². The molecule has 0 saturated heterocycles. The number of nitriles is 1. The van der Waals surface area contributed by atoms with E-state index in [1.54, 1.807) is 13.0 Å². The van der Waals surface area contributed by atoms with E-state index in [0.717, 1.165) is 12.1 Å². The van der Waals surface area contributed by atoms with Gasteiger partial charge in [0.15, 0.2) is 17.3 Å². The second-order valence-corrected chi connectivity index (χ2v) is 4.11. The molecule has 4 nitrogen and oxygen atoms in total. The molecule has 0 bridgehead atoms. The topological polar surface area (TPSA) is 68.3 Å². The van der Waals surface area contributed by atoms with Crippen molar-refractivity contribution in [2.24, 2.45) is 0 Å². The Morgan fingerprint density at radius 3 is 2.52 bits per heavy atom. The summed E-state index contributed by atoms with van der Waals surface area (Å²) in [6.07, 6.45) is 0. The summed E-state index contributed by atoms with van der Waals surface area (Å²) in [7, 11) is 0. The van der Waals surface area contributed by atoms with Crippen molar-refractivity contribution in [3.05, 3.63) is 47.5 Å². The van der Waals surface area contributed by atoms with Crippen molar-refractivity contribution in [1.82, 2.24) is 0 Å². The lowest BCUT2D eigenvalue weighted by Crippen LogP contribution is -1.99.